The number of ether oxygens (including phenoxy) is 1. The summed E-state index contributed by atoms with van der Waals surface area (Å²) in [6.07, 6.45) is 2.57. The van der Waals surface area contributed by atoms with Gasteiger partial charge in [0.15, 0.2) is 0 Å². The van der Waals surface area contributed by atoms with Crippen molar-refractivity contribution in [3.63, 3.8) is 0 Å². The Balaban J connectivity index is 2.34. The first kappa shape index (κ1) is 13.0. The van der Waals surface area contributed by atoms with Crippen molar-refractivity contribution in [3.05, 3.63) is 15.6 Å². The lowest BCUT2D eigenvalue weighted by atomic mass is 9.89. The Bertz CT molecular complexity index is 395. The fourth-order valence-corrected chi connectivity index (χ4v) is 3.81. The van der Waals surface area contributed by atoms with Crippen LogP contribution in [-0.4, -0.2) is 17.2 Å². The van der Waals surface area contributed by atoms with E-state index >= 15 is 0 Å². The summed E-state index contributed by atoms with van der Waals surface area (Å²) in [6, 6.07) is 0. The first-order chi connectivity index (χ1) is 7.93. The fourth-order valence-electron chi connectivity index (χ4n) is 2.35. The predicted octanol–water partition coefficient (Wildman–Crippen LogP) is 3.25. The molecule has 1 aromatic rings. The first-order valence-electron chi connectivity index (χ1n) is 6.14. The number of aromatic nitrogens is 1. The van der Waals surface area contributed by atoms with Crippen LogP contribution in [0.1, 0.15) is 61.4 Å². The van der Waals surface area contributed by atoms with Crippen molar-refractivity contribution >= 4 is 11.3 Å². The summed E-state index contributed by atoms with van der Waals surface area (Å²) in [5, 5.41) is 11.0. The molecule has 2 atom stereocenters. The second-order valence-corrected chi connectivity index (χ2v) is 6.82. The minimum absolute atomic E-state index is 0.00491. The first-order valence-corrected chi connectivity index (χ1v) is 6.95. The van der Waals surface area contributed by atoms with Crippen molar-refractivity contribution in [2.24, 2.45) is 5.41 Å². The van der Waals surface area contributed by atoms with Crippen molar-refractivity contribution in [3.8, 4) is 0 Å². The number of thiazole rings is 1. The summed E-state index contributed by atoms with van der Waals surface area (Å²) in [5.74, 6) is 0. The Morgan fingerprint density at radius 3 is 2.71 bits per heavy atom. The number of fused-ring (bicyclic) bond motifs is 1. The Hall–Kier alpha value is -0.450. The van der Waals surface area contributed by atoms with Gasteiger partial charge in [0, 0.05) is 7.11 Å². The van der Waals surface area contributed by atoms with Crippen LogP contribution in [-0.2, 0) is 11.2 Å². The van der Waals surface area contributed by atoms with E-state index in [1.54, 1.807) is 18.4 Å². The molecule has 1 aliphatic carbocycles. The smallest absolute Gasteiger partial charge is 0.123 e. The third kappa shape index (κ3) is 2.54. The zero-order chi connectivity index (χ0) is 12.6. The van der Waals surface area contributed by atoms with E-state index in [0.717, 1.165) is 34.8 Å². The third-order valence-corrected chi connectivity index (χ3v) is 4.43. The zero-order valence-electron chi connectivity index (χ0n) is 11.0. The van der Waals surface area contributed by atoms with Gasteiger partial charge in [0.05, 0.1) is 16.7 Å². The molecule has 0 aliphatic heterocycles. The van der Waals surface area contributed by atoms with E-state index in [4.69, 9.17) is 4.74 Å². The summed E-state index contributed by atoms with van der Waals surface area (Å²) in [7, 11) is 1.73. The highest BCUT2D eigenvalue weighted by Crippen LogP contribution is 2.42. The van der Waals surface area contributed by atoms with E-state index in [-0.39, 0.29) is 17.6 Å². The largest absolute Gasteiger partial charge is 0.388 e. The average Bonchev–Trinajstić information content (AvgIpc) is 2.61. The van der Waals surface area contributed by atoms with Gasteiger partial charge in [-0.25, -0.2) is 4.98 Å². The lowest BCUT2D eigenvalue weighted by Crippen LogP contribution is -2.20. The van der Waals surface area contributed by atoms with Crippen LogP contribution in [0.2, 0.25) is 0 Å². The van der Waals surface area contributed by atoms with E-state index in [2.05, 4.69) is 25.8 Å². The molecule has 0 spiro atoms. The van der Waals surface area contributed by atoms with E-state index in [1.807, 2.05) is 0 Å². The van der Waals surface area contributed by atoms with Crippen LogP contribution >= 0.6 is 11.3 Å². The van der Waals surface area contributed by atoms with Crippen molar-refractivity contribution in [2.75, 3.05) is 7.11 Å². The summed E-state index contributed by atoms with van der Waals surface area (Å²) in [4.78, 5) is 5.73. The lowest BCUT2D eigenvalue weighted by molar-refractivity contribution is 0.0149. The summed E-state index contributed by atoms with van der Waals surface area (Å²) >= 11 is 1.62. The molecular formula is C13H21NO2S. The molecule has 0 fully saturated rings. The van der Waals surface area contributed by atoms with Gasteiger partial charge < -0.3 is 9.84 Å². The van der Waals surface area contributed by atoms with Gasteiger partial charge in [-0.15, -0.1) is 11.3 Å². The van der Waals surface area contributed by atoms with Crippen molar-refractivity contribution in [1.82, 2.24) is 4.98 Å². The number of rotatable bonds is 2. The van der Waals surface area contributed by atoms with Gasteiger partial charge in [0.25, 0.3) is 0 Å². The van der Waals surface area contributed by atoms with Crippen LogP contribution in [0.15, 0.2) is 0 Å². The van der Waals surface area contributed by atoms with Crippen LogP contribution in [0.25, 0.3) is 0 Å². The van der Waals surface area contributed by atoms with E-state index < -0.39 is 0 Å². The van der Waals surface area contributed by atoms with Gasteiger partial charge in [-0.3, -0.25) is 0 Å². The number of nitrogens with zero attached hydrogens (tertiary/aromatic N) is 1. The Labute approximate surface area is 107 Å². The molecule has 1 aromatic heterocycles. The molecular weight excluding hydrogens is 234 g/mol. The van der Waals surface area contributed by atoms with Crippen LogP contribution in [0.4, 0.5) is 0 Å². The minimum Gasteiger partial charge on any atom is -0.388 e. The normalized spacial score (nSPS) is 22.3. The molecule has 0 amide bonds. The fraction of sp³-hybridized carbons (Fsp3) is 0.769. The van der Waals surface area contributed by atoms with E-state index in [0.29, 0.717) is 0 Å². The molecule has 0 saturated carbocycles. The van der Waals surface area contributed by atoms with E-state index in [9.17, 15) is 5.11 Å². The molecule has 4 heteroatoms. The number of aliphatic hydroxyl groups is 1. The predicted molar refractivity (Wildman–Crippen MR) is 69.2 cm³/mol. The summed E-state index contributed by atoms with van der Waals surface area (Å²) in [6.45, 7) is 6.45. The van der Waals surface area contributed by atoms with Gasteiger partial charge in [-0.1, -0.05) is 20.8 Å². The monoisotopic (exact) mass is 255 g/mol. The standard InChI is InChI=1S/C13H21NO2S/c1-13(2,3)11(16-4)12-14-8-6-5-7-9(15)10(8)17-12/h9,11,15H,5-7H2,1-4H3. The molecule has 1 N–H and O–H groups in total. The number of methoxy groups -OCH3 is 1. The Morgan fingerprint density at radius 1 is 1.47 bits per heavy atom. The molecule has 0 bridgehead atoms. The number of hydrogen-bond acceptors (Lipinski definition) is 4. The topological polar surface area (TPSA) is 42.4 Å². The maximum atomic E-state index is 9.96. The highest BCUT2D eigenvalue weighted by atomic mass is 32.1. The molecule has 17 heavy (non-hydrogen) atoms. The molecule has 3 nitrogen and oxygen atoms in total. The summed E-state index contributed by atoms with van der Waals surface area (Å²) < 4.78 is 5.58. The summed E-state index contributed by atoms with van der Waals surface area (Å²) in [5.41, 5.74) is 1.11. The lowest BCUT2D eigenvalue weighted by Gasteiger charge is -2.27. The van der Waals surface area contributed by atoms with Crippen LogP contribution in [0.5, 0.6) is 0 Å². The number of aliphatic hydroxyl groups excluding tert-OH is 1. The maximum Gasteiger partial charge on any atom is 0.123 e. The van der Waals surface area contributed by atoms with Crippen LogP contribution < -0.4 is 0 Å². The number of aryl methyl sites for hydroxylation is 1. The highest BCUT2D eigenvalue weighted by Gasteiger charge is 2.32. The van der Waals surface area contributed by atoms with Gasteiger partial charge in [0.2, 0.25) is 0 Å². The molecule has 96 valence electrons. The van der Waals surface area contributed by atoms with Gasteiger partial charge in [-0.05, 0) is 24.7 Å². The zero-order valence-corrected chi connectivity index (χ0v) is 11.8. The molecule has 0 aromatic carbocycles. The average molecular weight is 255 g/mol. The molecule has 0 saturated heterocycles. The van der Waals surface area contributed by atoms with Gasteiger partial charge >= 0.3 is 0 Å². The Kier molecular flexibility index (Phi) is 3.57. The minimum atomic E-state index is -0.317. The quantitative estimate of drug-likeness (QED) is 0.882. The third-order valence-electron chi connectivity index (χ3n) is 3.18. The molecule has 1 heterocycles. The van der Waals surface area contributed by atoms with Crippen LogP contribution in [0.3, 0.4) is 0 Å². The molecule has 0 radical (unpaired) electrons. The van der Waals surface area contributed by atoms with Gasteiger partial charge in [-0.2, -0.15) is 0 Å². The number of hydrogen-bond donors (Lipinski definition) is 1. The molecule has 2 unspecified atom stereocenters. The maximum absolute atomic E-state index is 9.96. The van der Waals surface area contributed by atoms with Crippen molar-refractivity contribution < 1.29 is 9.84 Å². The second kappa shape index (κ2) is 4.67. The van der Waals surface area contributed by atoms with Gasteiger partial charge in [0.1, 0.15) is 11.1 Å². The Morgan fingerprint density at radius 2 is 2.18 bits per heavy atom. The second-order valence-electron chi connectivity index (χ2n) is 5.75. The molecule has 2 rings (SSSR count). The highest BCUT2D eigenvalue weighted by molar-refractivity contribution is 7.11. The van der Waals surface area contributed by atoms with E-state index in [1.165, 1.54) is 0 Å². The molecule has 1 aliphatic rings. The van der Waals surface area contributed by atoms with Crippen molar-refractivity contribution in [1.29, 1.82) is 0 Å². The van der Waals surface area contributed by atoms with Crippen molar-refractivity contribution in [2.45, 2.75) is 52.2 Å². The van der Waals surface area contributed by atoms with Crippen LogP contribution in [0, 0.1) is 5.41 Å². The SMILES string of the molecule is COC(c1nc2c(s1)C(O)CCC2)C(C)(C)C.